The number of piperazine rings is 1. The van der Waals surface area contributed by atoms with Crippen molar-refractivity contribution in [2.24, 2.45) is 10.9 Å². The fourth-order valence-corrected chi connectivity index (χ4v) is 3.57. The van der Waals surface area contributed by atoms with E-state index < -0.39 is 10.0 Å². The number of hydrogen-bond donors (Lipinski definition) is 2. The third-order valence-electron chi connectivity index (χ3n) is 3.23. The number of rotatable bonds is 4. The van der Waals surface area contributed by atoms with Gasteiger partial charge >= 0.3 is 0 Å². The Bertz CT molecular complexity index is 566. The second-order valence-electron chi connectivity index (χ2n) is 4.58. The summed E-state index contributed by atoms with van der Waals surface area (Å²) in [6, 6.07) is 8.40. The highest BCUT2D eigenvalue weighted by molar-refractivity contribution is 7.89. The fraction of sp³-hybridized carbons (Fsp3) is 0.417. The first-order valence-corrected chi connectivity index (χ1v) is 7.72. The molecule has 0 atom stereocenters. The van der Waals surface area contributed by atoms with Crippen molar-refractivity contribution in [3.63, 3.8) is 0 Å². The van der Waals surface area contributed by atoms with Crippen molar-refractivity contribution in [1.82, 2.24) is 9.21 Å². The van der Waals surface area contributed by atoms with Crippen LogP contribution in [0, 0.1) is 0 Å². The molecule has 1 fully saturated rings. The van der Waals surface area contributed by atoms with Gasteiger partial charge in [-0.2, -0.15) is 4.31 Å². The van der Waals surface area contributed by atoms with Crippen LogP contribution in [0.1, 0.15) is 0 Å². The lowest BCUT2D eigenvalue weighted by Gasteiger charge is -2.33. The van der Waals surface area contributed by atoms with E-state index in [4.69, 9.17) is 10.9 Å². The predicted octanol–water partition coefficient (Wildman–Crippen LogP) is -0.261. The Balaban J connectivity index is 2.00. The average Bonchev–Trinajstić information content (AvgIpc) is 2.48. The van der Waals surface area contributed by atoms with E-state index in [-0.39, 0.29) is 5.84 Å². The van der Waals surface area contributed by atoms with E-state index in [2.05, 4.69) is 5.16 Å². The molecule has 20 heavy (non-hydrogen) atoms. The largest absolute Gasteiger partial charge is 0.409 e. The number of hydrogen-bond acceptors (Lipinski definition) is 5. The molecule has 0 amide bonds. The third-order valence-corrected chi connectivity index (χ3v) is 5.14. The number of nitrogens with zero attached hydrogens (tertiary/aromatic N) is 3. The summed E-state index contributed by atoms with van der Waals surface area (Å²) in [4.78, 5) is 2.26. The zero-order chi connectivity index (χ0) is 14.6. The predicted molar refractivity (Wildman–Crippen MR) is 75.0 cm³/mol. The molecule has 1 heterocycles. The maximum Gasteiger partial charge on any atom is 0.243 e. The normalized spacial score (nSPS) is 19.1. The van der Waals surface area contributed by atoms with Crippen molar-refractivity contribution >= 4 is 15.9 Å². The average molecular weight is 298 g/mol. The molecule has 110 valence electrons. The second-order valence-corrected chi connectivity index (χ2v) is 6.52. The summed E-state index contributed by atoms with van der Waals surface area (Å²) in [5.41, 5.74) is 5.44. The quantitative estimate of drug-likeness (QED) is 0.345. The van der Waals surface area contributed by atoms with Gasteiger partial charge in [0.05, 0.1) is 11.4 Å². The third kappa shape index (κ3) is 3.27. The first kappa shape index (κ1) is 14.8. The molecule has 1 aromatic rings. The van der Waals surface area contributed by atoms with Crippen LogP contribution >= 0.6 is 0 Å². The van der Waals surface area contributed by atoms with Crippen LogP contribution in [0.5, 0.6) is 0 Å². The zero-order valence-corrected chi connectivity index (χ0v) is 11.8. The molecule has 7 nitrogen and oxygen atoms in total. The summed E-state index contributed by atoms with van der Waals surface area (Å²) in [7, 11) is -3.42. The number of sulfonamides is 1. The molecule has 1 aromatic carbocycles. The van der Waals surface area contributed by atoms with E-state index >= 15 is 0 Å². The molecule has 0 aromatic heterocycles. The van der Waals surface area contributed by atoms with Gasteiger partial charge < -0.3 is 10.9 Å². The highest BCUT2D eigenvalue weighted by atomic mass is 32.2. The topological polar surface area (TPSA) is 99.2 Å². The minimum Gasteiger partial charge on any atom is -0.409 e. The lowest BCUT2D eigenvalue weighted by Crippen LogP contribution is -2.50. The summed E-state index contributed by atoms with van der Waals surface area (Å²) >= 11 is 0. The first-order chi connectivity index (χ1) is 9.54. The van der Waals surface area contributed by atoms with Gasteiger partial charge in [-0.25, -0.2) is 8.42 Å². The van der Waals surface area contributed by atoms with Gasteiger partial charge in [-0.15, -0.1) is 0 Å². The van der Waals surface area contributed by atoms with Gasteiger partial charge in [0, 0.05) is 26.2 Å². The summed E-state index contributed by atoms with van der Waals surface area (Å²) in [5.74, 6) is 0.129. The Hall–Kier alpha value is -1.64. The van der Waals surface area contributed by atoms with Crippen molar-refractivity contribution in [3.05, 3.63) is 30.3 Å². The first-order valence-electron chi connectivity index (χ1n) is 6.28. The van der Waals surface area contributed by atoms with E-state index in [1.54, 1.807) is 30.3 Å². The standard InChI is InChI=1S/C12H18N4O3S/c13-12(14-17)10-15-6-8-16(9-7-15)20(18,19)11-4-2-1-3-5-11/h1-5,17H,6-10H2,(H2,13,14). The molecule has 1 saturated heterocycles. The Labute approximate surface area is 118 Å². The van der Waals surface area contributed by atoms with Crippen LogP contribution in [-0.2, 0) is 10.0 Å². The summed E-state index contributed by atoms with van der Waals surface area (Å²) in [6.45, 7) is 2.26. The van der Waals surface area contributed by atoms with Crippen molar-refractivity contribution in [2.45, 2.75) is 4.90 Å². The lowest BCUT2D eigenvalue weighted by atomic mass is 10.3. The van der Waals surface area contributed by atoms with E-state index in [0.29, 0.717) is 37.6 Å². The van der Waals surface area contributed by atoms with Crippen LogP contribution in [-0.4, -0.2) is 61.4 Å². The van der Waals surface area contributed by atoms with E-state index in [0.717, 1.165) is 0 Å². The van der Waals surface area contributed by atoms with Crippen LogP contribution in [0.3, 0.4) is 0 Å². The lowest BCUT2D eigenvalue weighted by molar-refractivity contribution is 0.206. The van der Waals surface area contributed by atoms with Crippen LogP contribution < -0.4 is 5.73 Å². The smallest absolute Gasteiger partial charge is 0.243 e. The van der Waals surface area contributed by atoms with Crippen molar-refractivity contribution in [3.8, 4) is 0 Å². The molecule has 0 spiro atoms. The molecule has 0 saturated carbocycles. The van der Waals surface area contributed by atoms with Crippen LogP contribution in [0.15, 0.2) is 40.4 Å². The van der Waals surface area contributed by atoms with Crippen LogP contribution in [0.4, 0.5) is 0 Å². The highest BCUT2D eigenvalue weighted by Gasteiger charge is 2.28. The van der Waals surface area contributed by atoms with Gasteiger partial charge in [0.25, 0.3) is 0 Å². The van der Waals surface area contributed by atoms with Gasteiger partial charge in [0.2, 0.25) is 10.0 Å². The highest BCUT2D eigenvalue weighted by Crippen LogP contribution is 2.16. The molecule has 0 bridgehead atoms. The molecule has 0 aliphatic carbocycles. The van der Waals surface area contributed by atoms with Crippen LogP contribution in [0.2, 0.25) is 0 Å². The summed E-state index contributed by atoms with van der Waals surface area (Å²) in [6.07, 6.45) is 0. The Morgan fingerprint density at radius 2 is 1.80 bits per heavy atom. The maximum atomic E-state index is 12.4. The molecule has 8 heteroatoms. The monoisotopic (exact) mass is 298 g/mol. The number of benzene rings is 1. The van der Waals surface area contributed by atoms with Gasteiger partial charge in [0.1, 0.15) is 0 Å². The fourth-order valence-electron chi connectivity index (χ4n) is 2.13. The minimum atomic E-state index is -3.42. The Morgan fingerprint density at radius 1 is 1.20 bits per heavy atom. The van der Waals surface area contributed by atoms with Crippen LogP contribution in [0.25, 0.3) is 0 Å². The van der Waals surface area contributed by atoms with E-state index in [1.807, 2.05) is 4.90 Å². The minimum absolute atomic E-state index is 0.129. The van der Waals surface area contributed by atoms with Gasteiger partial charge in [-0.3, -0.25) is 4.90 Å². The number of amidine groups is 1. The molecule has 1 aliphatic heterocycles. The molecule has 0 unspecified atom stereocenters. The van der Waals surface area contributed by atoms with Gasteiger partial charge in [0.15, 0.2) is 5.84 Å². The van der Waals surface area contributed by atoms with Crippen molar-refractivity contribution in [1.29, 1.82) is 0 Å². The van der Waals surface area contributed by atoms with Crippen molar-refractivity contribution in [2.75, 3.05) is 32.7 Å². The van der Waals surface area contributed by atoms with Gasteiger partial charge in [-0.05, 0) is 12.1 Å². The van der Waals surface area contributed by atoms with E-state index in [9.17, 15) is 8.42 Å². The summed E-state index contributed by atoms with van der Waals surface area (Å²) in [5, 5.41) is 11.4. The molecular formula is C12H18N4O3S. The van der Waals surface area contributed by atoms with E-state index in [1.165, 1.54) is 4.31 Å². The Morgan fingerprint density at radius 3 is 2.35 bits per heavy atom. The Kier molecular flexibility index (Phi) is 4.58. The van der Waals surface area contributed by atoms with Gasteiger partial charge in [-0.1, -0.05) is 23.4 Å². The molecule has 1 aliphatic rings. The van der Waals surface area contributed by atoms with Crippen molar-refractivity contribution < 1.29 is 13.6 Å². The zero-order valence-electron chi connectivity index (χ0n) is 11.0. The molecule has 2 rings (SSSR count). The summed E-state index contributed by atoms with van der Waals surface area (Å²) < 4.78 is 26.2. The SMILES string of the molecule is NC(CN1CCN(S(=O)(=O)c2ccccc2)CC1)=NO. The molecule has 0 radical (unpaired) electrons. The molecular weight excluding hydrogens is 280 g/mol. The second kappa shape index (κ2) is 6.21. The number of oxime groups is 1. The maximum absolute atomic E-state index is 12.4. The molecule has 3 N–H and O–H groups in total. The number of nitrogens with two attached hydrogens (primary N) is 1.